The van der Waals surface area contributed by atoms with Gasteiger partial charge in [-0.3, -0.25) is 9.69 Å². The molecular formula is C18H26F2N2O3. The molecule has 140 valence electrons. The minimum atomic E-state index is -0.897. The summed E-state index contributed by atoms with van der Waals surface area (Å²) in [5.74, 6) is -1.55. The number of piperidine rings is 1. The Labute approximate surface area is 146 Å². The van der Waals surface area contributed by atoms with Crippen molar-refractivity contribution in [2.24, 2.45) is 0 Å². The standard InChI is InChI=1S/C18H26F2N2O3/c1-11(7-12-13(19)5-4-6-14(12)20)21-17(25)10-22-9-16(24)15(23)8-18(22,2)3/h4-6,11,15-16,23-24H,7-10H2,1-3H3,(H,21,25)/t11?,15-,16+/m0/s1. The van der Waals surface area contributed by atoms with Gasteiger partial charge in [0.25, 0.3) is 0 Å². The first-order valence-electron chi connectivity index (χ1n) is 8.43. The van der Waals surface area contributed by atoms with Crippen molar-refractivity contribution in [3.05, 3.63) is 35.4 Å². The van der Waals surface area contributed by atoms with Crippen LogP contribution in [-0.4, -0.2) is 57.9 Å². The van der Waals surface area contributed by atoms with E-state index in [1.54, 1.807) is 11.8 Å². The predicted molar refractivity (Wildman–Crippen MR) is 89.9 cm³/mol. The Hall–Kier alpha value is -1.57. The second kappa shape index (κ2) is 7.76. The second-order valence-corrected chi connectivity index (χ2v) is 7.40. The molecule has 3 atom stereocenters. The van der Waals surface area contributed by atoms with E-state index in [-0.39, 0.29) is 31.0 Å². The predicted octanol–water partition coefficient (Wildman–Crippen LogP) is 1.22. The largest absolute Gasteiger partial charge is 0.390 e. The molecule has 0 aromatic heterocycles. The van der Waals surface area contributed by atoms with E-state index < -0.39 is 35.4 Å². The summed E-state index contributed by atoms with van der Waals surface area (Å²) in [6.45, 7) is 5.71. The summed E-state index contributed by atoms with van der Waals surface area (Å²) in [5, 5.41) is 22.3. The van der Waals surface area contributed by atoms with Crippen LogP contribution in [0.15, 0.2) is 18.2 Å². The third-order valence-electron chi connectivity index (χ3n) is 4.73. The van der Waals surface area contributed by atoms with E-state index in [0.29, 0.717) is 6.42 Å². The summed E-state index contributed by atoms with van der Waals surface area (Å²) in [7, 11) is 0. The number of hydrogen-bond donors (Lipinski definition) is 3. The highest BCUT2D eigenvalue weighted by Gasteiger charge is 2.39. The number of rotatable bonds is 5. The summed E-state index contributed by atoms with van der Waals surface area (Å²) in [6.07, 6.45) is -1.30. The first kappa shape index (κ1) is 19.8. The molecule has 1 aliphatic heterocycles. The van der Waals surface area contributed by atoms with Crippen LogP contribution in [0.2, 0.25) is 0 Å². The third kappa shape index (κ3) is 4.96. The molecule has 0 saturated carbocycles. The molecule has 5 nitrogen and oxygen atoms in total. The van der Waals surface area contributed by atoms with Gasteiger partial charge in [-0.15, -0.1) is 0 Å². The Morgan fingerprint density at radius 1 is 1.32 bits per heavy atom. The molecule has 7 heteroatoms. The van der Waals surface area contributed by atoms with Crippen molar-refractivity contribution in [2.75, 3.05) is 13.1 Å². The molecule has 0 aliphatic carbocycles. The molecule has 1 fully saturated rings. The van der Waals surface area contributed by atoms with E-state index >= 15 is 0 Å². The van der Waals surface area contributed by atoms with Gasteiger partial charge in [0, 0.05) is 23.7 Å². The Bertz CT molecular complexity index is 604. The van der Waals surface area contributed by atoms with Gasteiger partial charge in [-0.2, -0.15) is 0 Å². The highest BCUT2D eigenvalue weighted by atomic mass is 19.1. The van der Waals surface area contributed by atoms with E-state index in [0.717, 1.165) is 0 Å². The molecular weight excluding hydrogens is 330 g/mol. The van der Waals surface area contributed by atoms with Gasteiger partial charge >= 0.3 is 0 Å². The molecule has 25 heavy (non-hydrogen) atoms. The van der Waals surface area contributed by atoms with Gasteiger partial charge in [0.1, 0.15) is 11.6 Å². The molecule has 2 rings (SSSR count). The number of β-amino-alcohol motifs (C(OH)–C–C–N with tert-alkyl or cyclic N) is 1. The maximum Gasteiger partial charge on any atom is 0.234 e. The lowest BCUT2D eigenvalue weighted by Crippen LogP contribution is -2.60. The van der Waals surface area contributed by atoms with E-state index in [9.17, 15) is 23.8 Å². The van der Waals surface area contributed by atoms with E-state index in [4.69, 9.17) is 0 Å². The van der Waals surface area contributed by atoms with Crippen LogP contribution in [-0.2, 0) is 11.2 Å². The van der Waals surface area contributed by atoms with Gasteiger partial charge in [0.2, 0.25) is 5.91 Å². The molecule has 1 heterocycles. The lowest BCUT2D eigenvalue weighted by molar-refractivity contribution is -0.130. The van der Waals surface area contributed by atoms with E-state index in [2.05, 4.69) is 5.32 Å². The van der Waals surface area contributed by atoms with Crippen molar-refractivity contribution in [3.63, 3.8) is 0 Å². The fourth-order valence-corrected chi connectivity index (χ4v) is 3.23. The molecule has 1 amide bonds. The van der Waals surface area contributed by atoms with Crippen molar-refractivity contribution in [2.45, 2.75) is 57.4 Å². The zero-order valence-corrected chi connectivity index (χ0v) is 14.8. The molecule has 3 N–H and O–H groups in total. The lowest BCUT2D eigenvalue weighted by atomic mass is 9.87. The zero-order chi connectivity index (χ0) is 18.8. The van der Waals surface area contributed by atoms with E-state index in [1.807, 2.05) is 13.8 Å². The maximum absolute atomic E-state index is 13.7. The van der Waals surface area contributed by atoms with Crippen molar-refractivity contribution in [3.8, 4) is 0 Å². The monoisotopic (exact) mass is 356 g/mol. The van der Waals surface area contributed by atoms with Crippen LogP contribution >= 0.6 is 0 Å². The fourth-order valence-electron chi connectivity index (χ4n) is 3.23. The van der Waals surface area contributed by atoms with Crippen LogP contribution in [0.5, 0.6) is 0 Å². The molecule has 1 saturated heterocycles. The molecule has 0 bridgehead atoms. The first-order chi connectivity index (χ1) is 11.6. The number of aliphatic hydroxyl groups is 2. The number of likely N-dealkylation sites (tertiary alicyclic amines) is 1. The van der Waals surface area contributed by atoms with Gasteiger partial charge in [0.15, 0.2) is 0 Å². The minimum absolute atomic E-state index is 0.0425. The molecule has 1 aromatic rings. The maximum atomic E-state index is 13.7. The number of carbonyl (C=O) groups is 1. The topological polar surface area (TPSA) is 72.8 Å². The number of hydrogen-bond acceptors (Lipinski definition) is 4. The average molecular weight is 356 g/mol. The number of aliphatic hydroxyl groups excluding tert-OH is 2. The summed E-state index contributed by atoms with van der Waals surface area (Å²) >= 11 is 0. The number of benzene rings is 1. The SMILES string of the molecule is CC(Cc1c(F)cccc1F)NC(=O)CN1C[C@@H](O)[C@@H](O)CC1(C)C. The smallest absolute Gasteiger partial charge is 0.234 e. The fraction of sp³-hybridized carbons (Fsp3) is 0.611. The van der Waals surface area contributed by atoms with Crippen molar-refractivity contribution in [1.82, 2.24) is 10.2 Å². The summed E-state index contributed by atoms with van der Waals surface area (Å²) in [4.78, 5) is 14.1. The second-order valence-electron chi connectivity index (χ2n) is 7.40. The summed E-state index contributed by atoms with van der Waals surface area (Å²) in [6, 6.07) is 3.24. The van der Waals surface area contributed by atoms with Crippen molar-refractivity contribution >= 4 is 5.91 Å². The van der Waals surface area contributed by atoms with E-state index in [1.165, 1.54) is 18.2 Å². The number of halogens is 2. The number of carbonyl (C=O) groups excluding carboxylic acids is 1. The van der Waals surface area contributed by atoms with Crippen molar-refractivity contribution in [1.29, 1.82) is 0 Å². The third-order valence-corrected chi connectivity index (χ3v) is 4.73. The van der Waals surface area contributed by atoms with Gasteiger partial charge in [-0.1, -0.05) is 6.07 Å². The Kier molecular flexibility index (Phi) is 6.13. The van der Waals surface area contributed by atoms with Crippen LogP contribution in [0.3, 0.4) is 0 Å². The molecule has 0 radical (unpaired) electrons. The van der Waals surface area contributed by atoms with Gasteiger partial charge in [0.05, 0.1) is 18.8 Å². The lowest BCUT2D eigenvalue weighted by Gasteiger charge is -2.46. The van der Waals surface area contributed by atoms with Crippen LogP contribution in [0, 0.1) is 11.6 Å². The average Bonchev–Trinajstić information content (AvgIpc) is 2.48. The number of nitrogens with zero attached hydrogens (tertiary/aromatic N) is 1. The van der Waals surface area contributed by atoms with Crippen LogP contribution in [0.25, 0.3) is 0 Å². The normalized spacial score (nSPS) is 24.8. The zero-order valence-electron chi connectivity index (χ0n) is 14.8. The highest BCUT2D eigenvalue weighted by molar-refractivity contribution is 5.78. The van der Waals surface area contributed by atoms with Crippen LogP contribution in [0.4, 0.5) is 8.78 Å². The number of amides is 1. The van der Waals surface area contributed by atoms with Gasteiger partial charge < -0.3 is 15.5 Å². The molecule has 0 spiro atoms. The Balaban J connectivity index is 1.93. The molecule has 1 unspecified atom stereocenters. The van der Waals surface area contributed by atoms with Crippen molar-refractivity contribution < 1.29 is 23.8 Å². The quantitative estimate of drug-likeness (QED) is 0.742. The van der Waals surface area contributed by atoms with Gasteiger partial charge in [-0.25, -0.2) is 8.78 Å². The van der Waals surface area contributed by atoms with Crippen LogP contribution < -0.4 is 5.32 Å². The molecule has 1 aliphatic rings. The highest BCUT2D eigenvalue weighted by Crippen LogP contribution is 2.27. The molecule has 1 aromatic carbocycles. The Morgan fingerprint density at radius 3 is 2.52 bits per heavy atom. The first-order valence-corrected chi connectivity index (χ1v) is 8.43. The van der Waals surface area contributed by atoms with Crippen LogP contribution in [0.1, 0.15) is 32.8 Å². The number of nitrogens with one attached hydrogen (secondary N) is 1. The minimum Gasteiger partial charge on any atom is -0.390 e. The summed E-state index contributed by atoms with van der Waals surface area (Å²) < 4.78 is 27.4. The van der Waals surface area contributed by atoms with Gasteiger partial charge in [-0.05, 0) is 45.7 Å². The summed E-state index contributed by atoms with van der Waals surface area (Å²) in [5.41, 5.74) is -0.483. The Morgan fingerprint density at radius 2 is 1.92 bits per heavy atom.